The van der Waals surface area contributed by atoms with E-state index in [1.807, 2.05) is 0 Å². The van der Waals surface area contributed by atoms with Gasteiger partial charge in [0.15, 0.2) is 0 Å². The zero-order chi connectivity index (χ0) is 43.6. The van der Waals surface area contributed by atoms with E-state index in [-0.39, 0.29) is 17.5 Å². The van der Waals surface area contributed by atoms with Crippen molar-refractivity contribution in [3.8, 4) is 0 Å². The number of nitrogens with zero attached hydrogens (tertiary/aromatic N) is 4. The zero-order valence-electron chi connectivity index (χ0n) is 39.6. The lowest BCUT2D eigenvalue weighted by Gasteiger charge is -2.47. The van der Waals surface area contributed by atoms with Crippen LogP contribution in [0.4, 0.5) is 28.4 Å². The molecule has 7 aliphatic rings. The molecule has 0 saturated heterocycles. The predicted molar refractivity (Wildman–Crippen MR) is 273 cm³/mol. The molecule has 5 aliphatic carbocycles. The predicted octanol–water partition coefficient (Wildman–Crippen LogP) is 13.3. The zero-order valence-corrected chi connectivity index (χ0v) is 39.6. The van der Waals surface area contributed by atoms with Crippen molar-refractivity contribution in [3.05, 3.63) is 130 Å². The topological polar surface area (TPSA) is 16.3 Å². The first kappa shape index (κ1) is 40.2. The maximum absolute atomic E-state index is 3.86. The standard InChI is InChI=1S/C59H65BN4/c1-38-36-51-53-52(37-38)64(48-27-17-19-39-18-11-12-22-45(39)48)55-47-24-14-16-26-50(47)63(44-34-30-41(31-35-44)59(5,6)7)57(55)60(53)56-54(61(51)42-20-9-8-10-21-42)46-23-13-15-25-49(46)62(56)43-32-28-40(29-33-43)58(2,3)4/h11-12,17-19,22,27-28,30,32,34,36-37,42H,8-10,13-16,20-21,23-26,31,35H2,1-7H3. The lowest BCUT2D eigenvalue weighted by molar-refractivity contribution is 0.436. The van der Waals surface area contributed by atoms with Gasteiger partial charge in [0.25, 0.3) is 6.71 Å². The molecule has 0 spiro atoms. The Balaban J connectivity index is 1.25. The van der Waals surface area contributed by atoms with Crippen LogP contribution in [0.3, 0.4) is 0 Å². The Bertz CT molecular complexity index is 2990. The Morgan fingerprint density at radius 1 is 0.609 bits per heavy atom. The average molecular weight is 841 g/mol. The van der Waals surface area contributed by atoms with Gasteiger partial charge in [-0.15, -0.1) is 0 Å². The van der Waals surface area contributed by atoms with E-state index in [1.165, 1.54) is 136 Å². The minimum Gasteiger partial charge on any atom is -0.338 e. The second-order valence-corrected chi connectivity index (χ2v) is 22.3. The van der Waals surface area contributed by atoms with Crippen molar-refractivity contribution in [2.75, 3.05) is 9.80 Å². The molecule has 5 heteroatoms. The number of benzene rings is 3. The quantitative estimate of drug-likeness (QED) is 0.130. The number of aryl methyl sites for hydroxylation is 1. The van der Waals surface area contributed by atoms with Gasteiger partial charge in [0.1, 0.15) is 0 Å². The van der Waals surface area contributed by atoms with Crippen LogP contribution in [0.15, 0.2) is 102 Å². The van der Waals surface area contributed by atoms with Crippen LogP contribution in [0.1, 0.15) is 140 Å². The van der Waals surface area contributed by atoms with E-state index in [9.17, 15) is 0 Å². The molecule has 12 rings (SSSR count). The number of allylic oxidation sites excluding steroid dienone is 8. The summed E-state index contributed by atoms with van der Waals surface area (Å²) in [6.07, 6.45) is 27.7. The Morgan fingerprint density at radius 2 is 1.30 bits per heavy atom. The first-order chi connectivity index (χ1) is 31.0. The molecular weight excluding hydrogens is 775 g/mol. The molecule has 324 valence electrons. The van der Waals surface area contributed by atoms with Crippen molar-refractivity contribution in [2.45, 2.75) is 151 Å². The molecule has 2 aliphatic heterocycles. The van der Waals surface area contributed by atoms with Crippen LogP contribution in [0.2, 0.25) is 0 Å². The third-order valence-corrected chi connectivity index (χ3v) is 16.1. The van der Waals surface area contributed by atoms with Gasteiger partial charge >= 0.3 is 0 Å². The molecule has 1 saturated carbocycles. The highest BCUT2D eigenvalue weighted by atomic mass is 15.2. The molecule has 0 amide bonds. The maximum Gasteiger partial charge on any atom is 0.294 e. The van der Waals surface area contributed by atoms with E-state index >= 15 is 0 Å². The lowest BCUT2D eigenvalue weighted by atomic mass is 9.36. The maximum atomic E-state index is 3.86. The summed E-state index contributed by atoms with van der Waals surface area (Å²) < 4.78 is 5.64. The van der Waals surface area contributed by atoms with Crippen molar-refractivity contribution in [2.24, 2.45) is 10.8 Å². The number of hydrogen-bond donors (Lipinski definition) is 0. The molecule has 4 nitrogen and oxygen atoms in total. The fourth-order valence-electron chi connectivity index (χ4n) is 13.1. The normalized spacial score (nSPS) is 19.4. The van der Waals surface area contributed by atoms with Crippen LogP contribution in [-0.4, -0.2) is 21.9 Å². The Morgan fingerprint density at radius 3 is 2.00 bits per heavy atom. The van der Waals surface area contributed by atoms with Gasteiger partial charge in [0, 0.05) is 56.6 Å². The summed E-state index contributed by atoms with van der Waals surface area (Å²) in [7, 11) is 0. The Hall–Kier alpha value is -5.34. The minimum atomic E-state index is 0.00627. The molecule has 2 aromatic heterocycles. The summed E-state index contributed by atoms with van der Waals surface area (Å²) >= 11 is 0. The molecule has 1 fully saturated rings. The monoisotopic (exact) mass is 841 g/mol. The lowest BCUT2D eigenvalue weighted by Crippen LogP contribution is -2.65. The molecule has 64 heavy (non-hydrogen) atoms. The van der Waals surface area contributed by atoms with E-state index in [2.05, 4.69) is 158 Å². The van der Waals surface area contributed by atoms with E-state index in [1.54, 1.807) is 22.4 Å². The van der Waals surface area contributed by atoms with Crippen LogP contribution in [0.5, 0.6) is 0 Å². The number of anilines is 5. The largest absolute Gasteiger partial charge is 0.338 e. The van der Waals surface area contributed by atoms with E-state index in [4.69, 9.17) is 0 Å². The highest BCUT2D eigenvalue weighted by molar-refractivity contribution is 7.00. The minimum absolute atomic E-state index is 0.00627. The summed E-state index contributed by atoms with van der Waals surface area (Å²) in [5, 5.41) is 2.62. The van der Waals surface area contributed by atoms with Crippen molar-refractivity contribution in [3.63, 3.8) is 0 Å². The number of rotatable bonds is 4. The van der Waals surface area contributed by atoms with Crippen molar-refractivity contribution >= 4 is 74.0 Å². The number of hydrogen-bond acceptors (Lipinski definition) is 2. The molecule has 0 atom stereocenters. The van der Waals surface area contributed by atoms with Gasteiger partial charge in [-0.25, -0.2) is 0 Å². The van der Waals surface area contributed by atoms with E-state index < -0.39 is 0 Å². The molecule has 4 heterocycles. The van der Waals surface area contributed by atoms with Gasteiger partial charge in [0.05, 0.1) is 22.8 Å². The van der Waals surface area contributed by atoms with E-state index in [0.717, 1.165) is 44.2 Å². The summed E-state index contributed by atoms with van der Waals surface area (Å²) in [6.45, 7) is 16.5. The summed E-state index contributed by atoms with van der Waals surface area (Å²) in [6, 6.07) is 21.8. The van der Waals surface area contributed by atoms with Crippen LogP contribution < -0.4 is 26.4 Å². The molecule has 0 bridgehead atoms. The van der Waals surface area contributed by atoms with Gasteiger partial charge in [-0.3, -0.25) is 0 Å². The molecule has 0 radical (unpaired) electrons. The summed E-state index contributed by atoms with van der Waals surface area (Å²) in [5.74, 6) is 0. The van der Waals surface area contributed by atoms with Gasteiger partial charge in [0.2, 0.25) is 0 Å². The van der Waals surface area contributed by atoms with Crippen molar-refractivity contribution in [1.29, 1.82) is 0 Å². The van der Waals surface area contributed by atoms with Crippen LogP contribution in [0, 0.1) is 17.8 Å². The van der Waals surface area contributed by atoms with Gasteiger partial charge in [-0.1, -0.05) is 115 Å². The third-order valence-electron chi connectivity index (χ3n) is 16.1. The highest BCUT2D eigenvalue weighted by Crippen LogP contribution is 2.51. The third kappa shape index (κ3) is 6.10. The molecule has 3 aromatic carbocycles. The molecule has 5 aromatic rings. The molecule has 0 unspecified atom stereocenters. The first-order valence-electron chi connectivity index (χ1n) is 25.1. The first-order valence-corrected chi connectivity index (χ1v) is 25.1. The molecular formula is C59H65BN4. The van der Waals surface area contributed by atoms with E-state index in [0.29, 0.717) is 6.04 Å². The number of aromatic nitrogens is 2. The van der Waals surface area contributed by atoms with Crippen LogP contribution >= 0.6 is 0 Å². The van der Waals surface area contributed by atoms with Crippen LogP contribution in [0.25, 0.3) is 22.2 Å². The Kier molecular flexibility index (Phi) is 9.33. The summed E-state index contributed by atoms with van der Waals surface area (Å²) in [4.78, 5) is 5.73. The number of fused-ring (bicyclic) bond motifs is 9. The fourth-order valence-corrected chi connectivity index (χ4v) is 13.1. The Labute approximate surface area is 382 Å². The second-order valence-electron chi connectivity index (χ2n) is 22.3. The average Bonchev–Trinajstić information content (AvgIpc) is 3.82. The summed E-state index contributed by atoms with van der Waals surface area (Å²) in [5.41, 5.74) is 32.3. The molecule has 0 N–H and O–H groups in total. The van der Waals surface area contributed by atoms with Gasteiger partial charge in [-0.05, 0) is 165 Å². The smallest absolute Gasteiger partial charge is 0.294 e. The SMILES string of the molecule is Cc1cc2c3c(c1)N(C1CCCCC1)c1c4c(n(C5=C=C=C(C(C)(C)C)C=C5)c1B3c1c(c3c(n1C1=CC=C(C(C)(C)C)CC1)CCCC3)N2c1cccc2ccccc12)CCCC4. The van der Waals surface area contributed by atoms with Crippen molar-refractivity contribution in [1.82, 2.24) is 9.13 Å². The van der Waals surface area contributed by atoms with Crippen LogP contribution in [-0.2, 0) is 25.7 Å². The van der Waals surface area contributed by atoms with Gasteiger partial charge < -0.3 is 18.9 Å². The van der Waals surface area contributed by atoms with Gasteiger partial charge in [-0.2, -0.15) is 0 Å². The fraction of sp³-hybridized carbons (Fsp3) is 0.424. The van der Waals surface area contributed by atoms with Crippen molar-refractivity contribution < 1.29 is 0 Å². The highest BCUT2D eigenvalue weighted by Gasteiger charge is 2.52. The second kappa shape index (κ2) is 14.8.